The van der Waals surface area contributed by atoms with Crippen molar-refractivity contribution in [3.8, 4) is 0 Å². The summed E-state index contributed by atoms with van der Waals surface area (Å²) in [7, 11) is 2.08. The summed E-state index contributed by atoms with van der Waals surface area (Å²) >= 11 is 0. The molecule has 0 radical (unpaired) electrons. The van der Waals surface area contributed by atoms with Crippen LogP contribution in [0.4, 0.5) is 0 Å². The van der Waals surface area contributed by atoms with Gasteiger partial charge in [0.1, 0.15) is 0 Å². The predicted molar refractivity (Wildman–Crippen MR) is 66.1 cm³/mol. The Labute approximate surface area is 104 Å². The molecule has 0 aromatic rings. The molecule has 0 saturated carbocycles. The molecule has 2 fully saturated rings. The molecule has 2 heterocycles. The first-order valence-electron chi connectivity index (χ1n) is 6.85. The Morgan fingerprint density at radius 2 is 2.24 bits per heavy atom. The first-order chi connectivity index (χ1) is 8.25. The molecule has 4 nitrogen and oxygen atoms in total. The first-order valence-corrected chi connectivity index (χ1v) is 6.85. The molecular weight excluding hydrogens is 218 g/mol. The Morgan fingerprint density at radius 1 is 1.35 bits per heavy atom. The van der Waals surface area contributed by atoms with Crippen molar-refractivity contribution in [2.24, 2.45) is 0 Å². The van der Waals surface area contributed by atoms with Crippen molar-refractivity contribution in [1.29, 1.82) is 0 Å². The van der Waals surface area contributed by atoms with Crippen molar-refractivity contribution < 1.29 is 14.6 Å². The molecule has 2 aliphatic rings. The summed E-state index contributed by atoms with van der Waals surface area (Å²) in [6.07, 6.45) is 5.46. The monoisotopic (exact) mass is 243 g/mol. The highest BCUT2D eigenvalue weighted by Crippen LogP contribution is 2.19. The first kappa shape index (κ1) is 13.3. The van der Waals surface area contributed by atoms with E-state index >= 15 is 0 Å². The van der Waals surface area contributed by atoms with Gasteiger partial charge in [-0.3, -0.25) is 0 Å². The molecule has 2 saturated heterocycles. The minimum absolute atomic E-state index is 0.00162. The fourth-order valence-corrected chi connectivity index (χ4v) is 2.66. The molecule has 0 aliphatic carbocycles. The Kier molecular flexibility index (Phi) is 5.22. The molecule has 0 amide bonds. The highest BCUT2D eigenvalue weighted by Gasteiger charge is 2.25. The Balaban J connectivity index is 1.60. The van der Waals surface area contributed by atoms with Crippen LogP contribution in [0.1, 0.15) is 32.1 Å². The van der Waals surface area contributed by atoms with E-state index in [1.165, 1.54) is 12.8 Å². The summed E-state index contributed by atoms with van der Waals surface area (Å²) < 4.78 is 11.2. The summed E-state index contributed by atoms with van der Waals surface area (Å²) in [5.41, 5.74) is 0. The zero-order chi connectivity index (χ0) is 12.1. The van der Waals surface area contributed by atoms with Gasteiger partial charge in [0.05, 0.1) is 24.9 Å². The lowest BCUT2D eigenvalue weighted by Gasteiger charge is -2.33. The lowest BCUT2D eigenvalue weighted by atomic mass is 10.0. The Bertz CT molecular complexity index is 219. The molecule has 1 N–H and O–H groups in total. The maximum absolute atomic E-state index is 10.1. The molecule has 100 valence electrons. The number of hydrogen-bond donors (Lipinski definition) is 1. The Hall–Kier alpha value is -0.160. The second kappa shape index (κ2) is 6.69. The number of morpholine rings is 1. The Morgan fingerprint density at radius 3 is 2.94 bits per heavy atom. The summed E-state index contributed by atoms with van der Waals surface area (Å²) in [4.78, 5) is 2.22. The second-order valence-corrected chi connectivity index (χ2v) is 5.30. The zero-order valence-corrected chi connectivity index (χ0v) is 10.8. The third-order valence-corrected chi connectivity index (χ3v) is 3.78. The average Bonchev–Trinajstić information content (AvgIpc) is 2.82. The standard InChI is InChI=1S/C13H25NO3/c1-14-7-9-17-13(10-14)12(15)6-2-4-11-5-3-8-16-11/h11-13,15H,2-10H2,1H3. The lowest BCUT2D eigenvalue weighted by molar-refractivity contribution is -0.0859. The zero-order valence-electron chi connectivity index (χ0n) is 10.8. The highest BCUT2D eigenvalue weighted by molar-refractivity contribution is 4.77. The second-order valence-electron chi connectivity index (χ2n) is 5.30. The topological polar surface area (TPSA) is 41.9 Å². The van der Waals surface area contributed by atoms with Crippen molar-refractivity contribution in [1.82, 2.24) is 4.90 Å². The molecule has 2 rings (SSSR count). The number of aliphatic hydroxyl groups excluding tert-OH is 1. The van der Waals surface area contributed by atoms with Crippen LogP contribution in [-0.4, -0.2) is 61.7 Å². The van der Waals surface area contributed by atoms with Gasteiger partial charge in [0.15, 0.2) is 0 Å². The van der Waals surface area contributed by atoms with Crippen LogP contribution < -0.4 is 0 Å². The van der Waals surface area contributed by atoms with Gasteiger partial charge in [-0.1, -0.05) is 0 Å². The van der Waals surface area contributed by atoms with Crippen molar-refractivity contribution in [2.75, 3.05) is 33.4 Å². The fourth-order valence-electron chi connectivity index (χ4n) is 2.66. The van der Waals surface area contributed by atoms with Crippen LogP contribution in [-0.2, 0) is 9.47 Å². The van der Waals surface area contributed by atoms with Gasteiger partial charge in [0.25, 0.3) is 0 Å². The molecule has 3 atom stereocenters. The van der Waals surface area contributed by atoms with Gasteiger partial charge >= 0.3 is 0 Å². The molecule has 17 heavy (non-hydrogen) atoms. The van der Waals surface area contributed by atoms with E-state index in [4.69, 9.17) is 9.47 Å². The van der Waals surface area contributed by atoms with E-state index in [0.717, 1.165) is 45.6 Å². The molecule has 0 aromatic carbocycles. The number of likely N-dealkylation sites (N-methyl/N-ethyl adjacent to an activating group) is 1. The molecule has 2 aliphatic heterocycles. The maximum Gasteiger partial charge on any atom is 0.0960 e. The van der Waals surface area contributed by atoms with E-state index in [1.807, 2.05) is 0 Å². The predicted octanol–water partition coefficient (Wildman–Crippen LogP) is 1.03. The van der Waals surface area contributed by atoms with Crippen LogP contribution in [0.2, 0.25) is 0 Å². The fraction of sp³-hybridized carbons (Fsp3) is 1.00. The summed E-state index contributed by atoms with van der Waals surface area (Å²) in [6, 6.07) is 0. The number of ether oxygens (including phenoxy) is 2. The number of aliphatic hydroxyl groups is 1. The van der Waals surface area contributed by atoms with Crippen molar-refractivity contribution in [3.63, 3.8) is 0 Å². The summed E-state index contributed by atoms with van der Waals surface area (Å²) in [5, 5.41) is 10.1. The van der Waals surface area contributed by atoms with Crippen molar-refractivity contribution in [2.45, 2.75) is 50.4 Å². The molecule has 4 heteroatoms. The maximum atomic E-state index is 10.1. The van der Waals surface area contributed by atoms with Crippen molar-refractivity contribution in [3.05, 3.63) is 0 Å². The van der Waals surface area contributed by atoms with Crippen LogP contribution in [0.3, 0.4) is 0 Å². The number of nitrogens with zero attached hydrogens (tertiary/aromatic N) is 1. The van der Waals surface area contributed by atoms with Gasteiger partial charge in [0, 0.05) is 19.7 Å². The van der Waals surface area contributed by atoms with E-state index in [0.29, 0.717) is 6.10 Å². The third kappa shape index (κ3) is 4.21. The van der Waals surface area contributed by atoms with Gasteiger partial charge in [-0.25, -0.2) is 0 Å². The van der Waals surface area contributed by atoms with Gasteiger partial charge in [-0.2, -0.15) is 0 Å². The third-order valence-electron chi connectivity index (χ3n) is 3.78. The van der Waals surface area contributed by atoms with E-state index in [9.17, 15) is 5.11 Å². The van der Waals surface area contributed by atoms with Gasteiger partial charge < -0.3 is 19.5 Å². The van der Waals surface area contributed by atoms with Crippen molar-refractivity contribution >= 4 is 0 Å². The largest absolute Gasteiger partial charge is 0.390 e. The quantitative estimate of drug-likeness (QED) is 0.783. The average molecular weight is 243 g/mol. The SMILES string of the molecule is CN1CCOC(C(O)CCCC2CCCO2)C1. The van der Waals surface area contributed by atoms with E-state index in [-0.39, 0.29) is 12.2 Å². The number of rotatable bonds is 5. The van der Waals surface area contributed by atoms with Crippen LogP contribution >= 0.6 is 0 Å². The normalized spacial score (nSPS) is 32.8. The molecular formula is C13H25NO3. The minimum Gasteiger partial charge on any atom is -0.390 e. The van der Waals surface area contributed by atoms with E-state index < -0.39 is 0 Å². The van der Waals surface area contributed by atoms with Crippen LogP contribution in [0.25, 0.3) is 0 Å². The van der Waals surface area contributed by atoms with Crippen LogP contribution in [0.5, 0.6) is 0 Å². The van der Waals surface area contributed by atoms with Crippen LogP contribution in [0, 0.1) is 0 Å². The van der Waals surface area contributed by atoms with Gasteiger partial charge in [-0.05, 0) is 39.2 Å². The summed E-state index contributed by atoms with van der Waals surface area (Å²) in [6.45, 7) is 3.48. The van der Waals surface area contributed by atoms with Crippen LogP contribution in [0.15, 0.2) is 0 Å². The van der Waals surface area contributed by atoms with Gasteiger partial charge in [0.2, 0.25) is 0 Å². The molecule has 0 bridgehead atoms. The lowest BCUT2D eigenvalue weighted by Crippen LogP contribution is -2.45. The smallest absolute Gasteiger partial charge is 0.0960 e. The minimum atomic E-state index is -0.320. The number of hydrogen-bond acceptors (Lipinski definition) is 4. The molecule has 0 aromatic heterocycles. The highest BCUT2D eigenvalue weighted by atomic mass is 16.5. The summed E-state index contributed by atoms with van der Waals surface area (Å²) in [5.74, 6) is 0. The molecule has 0 spiro atoms. The van der Waals surface area contributed by atoms with E-state index in [1.54, 1.807) is 0 Å². The van der Waals surface area contributed by atoms with Gasteiger partial charge in [-0.15, -0.1) is 0 Å². The molecule has 3 unspecified atom stereocenters. The van der Waals surface area contributed by atoms with E-state index in [2.05, 4.69) is 11.9 Å².